The zero-order valence-electron chi connectivity index (χ0n) is 17.8. The summed E-state index contributed by atoms with van der Waals surface area (Å²) in [6, 6.07) is 6.33. The Kier molecular flexibility index (Phi) is 5.56. The van der Waals surface area contributed by atoms with Crippen LogP contribution in [-0.2, 0) is 20.9 Å². The lowest BCUT2D eigenvalue weighted by molar-refractivity contribution is -0.134. The average Bonchev–Trinajstić information content (AvgIpc) is 3.50. The van der Waals surface area contributed by atoms with E-state index in [0.29, 0.717) is 17.1 Å². The number of aromatic nitrogens is 2. The lowest BCUT2D eigenvalue weighted by Crippen LogP contribution is -2.46. The number of hydrogen-bond acceptors (Lipinski definition) is 6. The van der Waals surface area contributed by atoms with Crippen LogP contribution in [0.3, 0.4) is 0 Å². The van der Waals surface area contributed by atoms with E-state index in [9.17, 15) is 19.2 Å². The number of methoxy groups -OCH3 is 1. The summed E-state index contributed by atoms with van der Waals surface area (Å²) in [5.74, 6) is -0.410. The molecule has 1 aromatic carbocycles. The third-order valence-corrected chi connectivity index (χ3v) is 5.59. The molecule has 2 fully saturated rings. The van der Waals surface area contributed by atoms with Crippen LogP contribution in [0.2, 0.25) is 0 Å². The molecule has 1 saturated carbocycles. The number of benzene rings is 1. The lowest BCUT2D eigenvalue weighted by Gasteiger charge is -2.20. The van der Waals surface area contributed by atoms with E-state index in [-0.39, 0.29) is 24.3 Å². The van der Waals surface area contributed by atoms with Crippen LogP contribution in [-0.4, -0.2) is 57.6 Å². The van der Waals surface area contributed by atoms with Crippen molar-refractivity contribution in [3.05, 3.63) is 36.7 Å². The molecular weight excluding hydrogens is 416 g/mol. The topological polar surface area (TPSA) is 135 Å². The van der Waals surface area contributed by atoms with Gasteiger partial charge in [-0.2, -0.15) is 5.10 Å². The van der Waals surface area contributed by atoms with Crippen molar-refractivity contribution in [3.8, 4) is 5.75 Å². The first-order valence-electron chi connectivity index (χ1n) is 10.2. The SMILES string of the molecule is COc1ccc(NC(=O)Cn2cc(NC(=O)CN3C(=O)NC(C)(C4CC4)C3=O)cn2)cc1. The Morgan fingerprint density at radius 3 is 2.44 bits per heavy atom. The van der Waals surface area contributed by atoms with Crippen LogP contribution < -0.4 is 20.7 Å². The first-order chi connectivity index (χ1) is 15.3. The summed E-state index contributed by atoms with van der Waals surface area (Å²) in [6.45, 7) is 1.24. The zero-order valence-corrected chi connectivity index (χ0v) is 17.8. The van der Waals surface area contributed by atoms with E-state index >= 15 is 0 Å². The smallest absolute Gasteiger partial charge is 0.325 e. The fourth-order valence-corrected chi connectivity index (χ4v) is 3.68. The van der Waals surface area contributed by atoms with Gasteiger partial charge >= 0.3 is 6.03 Å². The highest BCUT2D eigenvalue weighted by Crippen LogP contribution is 2.42. The van der Waals surface area contributed by atoms with E-state index in [0.717, 1.165) is 17.7 Å². The Balaban J connectivity index is 1.29. The van der Waals surface area contributed by atoms with Crippen molar-refractivity contribution in [1.29, 1.82) is 0 Å². The van der Waals surface area contributed by atoms with Gasteiger partial charge in [-0.1, -0.05) is 0 Å². The fraction of sp³-hybridized carbons (Fsp3) is 0.381. The summed E-state index contributed by atoms with van der Waals surface area (Å²) in [5, 5.41) is 12.1. The number of anilines is 2. The molecule has 2 aliphatic rings. The molecule has 2 aromatic rings. The van der Waals surface area contributed by atoms with E-state index in [1.54, 1.807) is 38.3 Å². The molecule has 0 bridgehead atoms. The molecule has 1 aliphatic carbocycles. The van der Waals surface area contributed by atoms with Crippen LogP contribution in [0.4, 0.5) is 16.2 Å². The Labute approximate surface area is 184 Å². The van der Waals surface area contributed by atoms with E-state index < -0.39 is 24.0 Å². The Hall–Kier alpha value is -3.89. The normalized spacial score (nSPS) is 20.1. The van der Waals surface area contributed by atoms with E-state index in [1.807, 2.05) is 0 Å². The van der Waals surface area contributed by atoms with E-state index in [4.69, 9.17) is 4.74 Å². The van der Waals surface area contributed by atoms with Gasteiger partial charge in [0.15, 0.2) is 0 Å². The number of carbonyl (C=O) groups is 4. The van der Waals surface area contributed by atoms with Crippen molar-refractivity contribution in [2.45, 2.75) is 31.8 Å². The molecule has 11 nitrogen and oxygen atoms in total. The number of nitrogens with one attached hydrogen (secondary N) is 3. The van der Waals surface area contributed by atoms with Gasteiger partial charge < -0.3 is 20.7 Å². The zero-order chi connectivity index (χ0) is 22.9. The second kappa shape index (κ2) is 8.33. The van der Waals surface area contributed by atoms with Crippen LogP contribution in [0.1, 0.15) is 19.8 Å². The minimum atomic E-state index is -0.931. The molecule has 5 amide bonds. The highest BCUT2D eigenvalue weighted by Gasteiger charge is 2.56. The van der Waals surface area contributed by atoms with Crippen LogP contribution in [0.15, 0.2) is 36.7 Å². The molecule has 3 N–H and O–H groups in total. The number of hydrogen-bond donors (Lipinski definition) is 3. The molecule has 32 heavy (non-hydrogen) atoms. The molecule has 0 spiro atoms. The van der Waals surface area contributed by atoms with E-state index in [1.165, 1.54) is 17.1 Å². The third-order valence-electron chi connectivity index (χ3n) is 5.59. The highest BCUT2D eigenvalue weighted by atomic mass is 16.5. The number of nitrogens with zero attached hydrogens (tertiary/aromatic N) is 3. The molecule has 11 heteroatoms. The molecule has 0 radical (unpaired) electrons. The van der Waals surface area contributed by atoms with E-state index in [2.05, 4.69) is 21.0 Å². The molecule has 1 unspecified atom stereocenters. The predicted octanol–water partition coefficient (Wildman–Crippen LogP) is 1.19. The minimum absolute atomic E-state index is 0.0609. The number of carbonyl (C=O) groups excluding carboxylic acids is 4. The van der Waals surface area contributed by atoms with Gasteiger partial charge in [0.25, 0.3) is 5.91 Å². The monoisotopic (exact) mass is 440 g/mol. The quantitative estimate of drug-likeness (QED) is 0.528. The van der Waals surface area contributed by atoms with Crippen LogP contribution in [0.25, 0.3) is 0 Å². The van der Waals surface area contributed by atoms with Gasteiger partial charge in [-0.15, -0.1) is 0 Å². The van der Waals surface area contributed by atoms with Crippen LogP contribution in [0, 0.1) is 5.92 Å². The summed E-state index contributed by atoms with van der Waals surface area (Å²) in [6.07, 6.45) is 4.64. The molecule has 1 saturated heterocycles. The largest absolute Gasteiger partial charge is 0.497 e. The average molecular weight is 440 g/mol. The van der Waals surface area contributed by atoms with Gasteiger partial charge in [-0.3, -0.25) is 24.0 Å². The molecule has 1 aliphatic heterocycles. The Morgan fingerprint density at radius 2 is 1.78 bits per heavy atom. The van der Waals surface area contributed by atoms with Gasteiger partial charge in [0.2, 0.25) is 11.8 Å². The first kappa shape index (κ1) is 21.3. The second-order valence-corrected chi connectivity index (χ2v) is 8.05. The van der Waals surface area contributed by atoms with Gasteiger partial charge in [0.05, 0.1) is 19.0 Å². The summed E-state index contributed by atoms with van der Waals surface area (Å²) in [7, 11) is 1.56. The van der Waals surface area contributed by atoms with Crippen molar-refractivity contribution < 1.29 is 23.9 Å². The predicted molar refractivity (Wildman–Crippen MR) is 114 cm³/mol. The Morgan fingerprint density at radius 1 is 1.12 bits per heavy atom. The Bertz CT molecular complexity index is 1060. The molecule has 4 rings (SSSR count). The van der Waals surface area contributed by atoms with Crippen molar-refractivity contribution >= 4 is 35.1 Å². The summed E-state index contributed by atoms with van der Waals surface area (Å²) >= 11 is 0. The van der Waals surface area contributed by atoms with Crippen molar-refractivity contribution in [2.75, 3.05) is 24.3 Å². The van der Waals surface area contributed by atoms with Crippen molar-refractivity contribution in [3.63, 3.8) is 0 Å². The summed E-state index contributed by atoms with van der Waals surface area (Å²) in [4.78, 5) is 50.3. The van der Waals surface area contributed by atoms with Gasteiger partial charge in [-0.05, 0) is 49.9 Å². The maximum Gasteiger partial charge on any atom is 0.325 e. The first-order valence-corrected chi connectivity index (χ1v) is 10.2. The molecule has 1 atom stereocenters. The van der Waals surface area contributed by atoms with Gasteiger partial charge in [-0.25, -0.2) is 4.79 Å². The minimum Gasteiger partial charge on any atom is -0.497 e. The highest BCUT2D eigenvalue weighted by molar-refractivity contribution is 6.10. The number of ether oxygens (including phenoxy) is 1. The van der Waals surface area contributed by atoms with Gasteiger partial charge in [0.1, 0.15) is 24.4 Å². The molecule has 2 heterocycles. The second-order valence-electron chi connectivity index (χ2n) is 8.05. The maximum absolute atomic E-state index is 12.6. The third kappa shape index (κ3) is 4.41. The standard InChI is InChI=1S/C21H24N6O5/c1-21(13-3-4-13)19(30)27(20(31)25-21)12-18(29)24-15-9-22-26(10-15)11-17(28)23-14-5-7-16(32-2)8-6-14/h5-10,13H,3-4,11-12H2,1-2H3,(H,23,28)(H,24,29)(H,25,31). The molecule has 1 aromatic heterocycles. The van der Waals surface area contributed by atoms with Crippen LogP contribution >= 0.6 is 0 Å². The fourth-order valence-electron chi connectivity index (χ4n) is 3.68. The van der Waals surface area contributed by atoms with Crippen molar-refractivity contribution in [2.24, 2.45) is 5.92 Å². The van der Waals surface area contributed by atoms with Gasteiger partial charge in [0, 0.05) is 11.9 Å². The number of amides is 5. The molecule has 168 valence electrons. The lowest BCUT2D eigenvalue weighted by atomic mass is 9.96. The summed E-state index contributed by atoms with van der Waals surface area (Å²) in [5.41, 5.74) is 0.0342. The number of urea groups is 1. The maximum atomic E-state index is 12.6. The molecular formula is C21H24N6O5. The van der Waals surface area contributed by atoms with Crippen molar-refractivity contribution in [1.82, 2.24) is 20.0 Å². The summed E-state index contributed by atoms with van der Waals surface area (Å²) < 4.78 is 6.44. The number of imide groups is 1. The number of rotatable bonds is 8. The van der Waals surface area contributed by atoms with Crippen LogP contribution in [0.5, 0.6) is 5.75 Å².